The van der Waals surface area contributed by atoms with Gasteiger partial charge in [0.05, 0.1) is 16.2 Å². The summed E-state index contributed by atoms with van der Waals surface area (Å²) in [5.74, 6) is 0.00690. The highest BCUT2D eigenvalue weighted by molar-refractivity contribution is 7.91. The maximum absolute atomic E-state index is 13.3. The minimum absolute atomic E-state index is 0.00690. The second-order valence-corrected chi connectivity index (χ2v) is 12.3. The number of carbonyl (C=O) groups is 1. The number of rotatable bonds is 7. The first kappa shape index (κ1) is 22.4. The highest BCUT2D eigenvalue weighted by Gasteiger charge is 2.40. The molecule has 10 heteroatoms. The Bertz CT molecular complexity index is 939. The molecule has 0 bridgehead atoms. The second kappa shape index (κ2) is 8.81. The summed E-state index contributed by atoms with van der Waals surface area (Å²) in [6.45, 7) is 3.15. The van der Waals surface area contributed by atoms with Crippen LogP contribution in [-0.4, -0.2) is 90.1 Å². The van der Waals surface area contributed by atoms with Crippen LogP contribution in [0.4, 0.5) is 0 Å². The summed E-state index contributed by atoms with van der Waals surface area (Å²) in [7, 11) is -6.43. The monoisotopic (exact) mass is 443 g/mol. The number of Topliss-reactive ketones (excluding diaryl/α,β-unsaturated/α-hetero) is 1. The molecule has 3 atom stereocenters. The minimum Gasteiger partial charge on any atom is -0.314 e. The topological polar surface area (TPSA) is 113 Å². The maximum atomic E-state index is 13.3. The van der Waals surface area contributed by atoms with Crippen molar-refractivity contribution in [3.8, 4) is 0 Å². The van der Waals surface area contributed by atoms with E-state index < -0.39 is 31.0 Å². The SMILES string of the molecule is CS(=O)(=O)c1ccc(CC(=O)C(C2CNCCN2)N2CCC(S(C)(=O)=O)C2)cc1. The van der Waals surface area contributed by atoms with E-state index >= 15 is 0 Å². The Kier molecular flexibility index (Phi) is 6.79. The van der Waals surface area contributed by atoms with Crippen LogP contribution in [0.2, 0.25) is 0 Å². The van der Waals surface area contributed by atoms with Gasteiger partial charge in [0.1, 0.15) is 0 Å². The third-order valence-corrected chi connectivity index (χ3v) is 8.41. The first-order chi connectivity index (χ1) is 13.6. The van der Waals surface area contributed by atoms with E-state index in [1.807, 2.05) is 4.90 Å². The number of piperazine rings is 1. The molecule has 0 spiro atoms. The molecule has 0 aromatic heterocycles. The van der Waals surface area contributed by atoms with Gasteiger partial charge in [0.15, 0.2) is 25.5 Å². The summed E-state index contributed by atoms with van der Waals surface area (Å²) in [5.41, 5.74) is 0.745. The van der Waals surface area contributed by atoms with E-state index in [1.165, 1.54) is 18.4 Å². The summed E-state index contributed by atoms with van der Waals surface area (Å²) in [6, 6.07) is 5.85. The van der Waals surface area contributed by atoms with Gasteiger partial charge in [0.25, 0.3) is 0 Å². The molecule has 162 valence electrons. The molecular weight excluding hydrogens is 414 g/mol. The molecule has 29 heavy (non-hydrogen) atoms. The number of nitrogens with one attached hydrogen (secondary N) is 2. The van der Waals surface area contributed by atoms with Gasteiger partial charge in [-0.15, -0.1) is 0 Å². The van der Waals surface area contributed by atoms with Crippen molar-refractivity contribution < 1.29 is 21.6 Å². The number of likely N-dealkylation sites (tertiary alicyclic amines) is 1. The fourth-order valence-electron chi connectivity index (χ4n) is 4.10. The summed E-state index contributed by atoms with van der Waals surface area (Å²) in [6.07, 6.45) is 3.11. The van der Waals surface area contributed by atoms with Crippen molar-refractivity contribution in [3.63, 3.8) is 0 Å². The molecule has 2 heterocycles. The van der Waals surface area contributed by atoms with E-state index in [4.69, 9.17) is 0 Å². The first-order valence-electron chi connectivity index (χ1n) is 9.74. The maximum Gasteiger partial charge on any atom is 0.175 e. The summed E-state index contributed by atoms with van der Waals surface area (Å²) in [5, 5.41) is 6.25. The van der Waals surface area contributed by atoms with Gasteiger partial charge in [0.2, 0.25) is 0 Å². The predicted molar refractivity (Wildman–Crippen MR) is 112 cm³/mol. The average molecular weight is 444 g/mol. The van der Waals surface area contributed by atoms with Gasteiger partial charge >= 0.3 is 0 Å². The lowest BCUT2D eigenvalue weighted by atomic mass is 9.95. The van der Waals surface area contributed by atoms with Gasteiger partial charge in [-0.05, 0) is 24.1 Å². The molecule has 0 saturated carbocycles. The zero-order valence-corrected chi connectivity index (χ0v) is 18.4. The Morgan fingerprint density at radius 3 is 2.34 bits per heavy atom. The Labute approximate surface area is 172 Å². The number of ketones is 1. The molecule has 2 saturated heterocycles. The third-order valence-electron chi connectivity index (χ3n) is 5.69. The molecule has 3 rings (SSSR count). The molecule has 2 fully saturated rings. The van der Waals surface area contributed by atoms with Crippen molar-refractivity contribution in [2.75, 3.05) is 45.2 Å². The van der Waals surface area contributed by atoms with Crippen LogP contribution in [0.15, 0.2) is 29.2 Å². The number of benzene rings is 1. The first-order valence-corrected chi connectivity index (χ1v) is 13.6. The Morgan fingerprint density at radius 2 is 1.83 bits per heavy atom. The molecule has 2 N–H and O–H groups in total. The van der Waals surface area contributed by atoms with E-state index in [1.54, 1.807) is 12.1 Å². The van der Waals surface area contributed by atoms with Crippen molar-refractivity contribution in [2.45, 2.75) is 35.1 Å². The van der Waals surface area contributed by atoms with Gasteiger partial charge in [-0.1, -0.05) is 12.1 Å². The molecule has 0 aliphatic carbocycles. The predicted octanol–water partition coefficient (Wildman–Crippen LogP) is -0.749. The summed E-state index contributed by atoms with van der Waals surface area (Å²) >= 11 is 0. The molecule has 8 nitrogen and oxygen atoms in total. The second-order valence-electron chi connectivity index (χ2n) is 8.00. The van der Waals surface area contributed by atoms with Gasteiger partial charge in [-0.3, -0.25) is 9.69 Å². The fraction of sp³-hybridized carbons (Fsp3) is 0.632. The van der Waals surface area contributed by atoms with Crippen LogP contribution in [0.5, 0.6) is 0 Å². The van der Waals surface area contributed by atoms with Crippen LogP contribution in [0, 0.1) is 0 Å². The molecule has 1 aromatic carbocycles. The van der Waals surface area contributed by atoms with Crippen molar-refractivity contribution in [2.24, 2.45) is 0 Å². The van der Waals surface area contributed by atoms with Gasteiger partial charge in [-0.25, -0.2) is 16.8 Å². The van der Waals surface area contributed by atoms with E-state index in [2.05, 4.69) is 10.6 Å². The standard InChI is InChI=1S/C19H29N3O5S2/c1-28(24,25)15-5-3-14(4-6-15)11-18(23)19(17-12-20-8-9-21-17)22-10-7-16(13-22)29(2,26)27/h3-6,16-17,19-21H,7-13H2,1-2H3. The van der Waals surface area contributed by atoms with Crippen LogP contribution < -0.4 is 10.6 Å². The van der Waals surface area contributed by atoms with Crippen LogP contribution in [-0.2, 0) is 30.9 Å². The fourth-order valence-corrected chi connectivity index (χ4v) is 5.72. The molecule has 1 aromatic rings. The van der Waals surface area contributed by atoms with Crippen molar-refractivity contribution >= 4 is 25.5 Å². The van der Waals surface area contributed by atoms with Crippen LogP contribution in [0.3, 0.4) is 0 Å². The quantitative estimate of drug-likeness (QED) is 0.566. The largest absolute Gasteiger partial charge is 0.314 e. The van der Waals surface area contributed by atoms with Gasteiger partial charge in [-0.2, -0.15) is 0 Å². The molecule has 2 aliphatic heterocycles. The number of carbonyl (C=O) groups excluding carboxylic acids is 1. The molecule has 0 radical (unpaired) electrons. The molecule has 3 unspecified atom stereocenters. The smallest absolute Gasteiger partial charge is 0.175 e. The van der Waals surface area contributed by atoms with Crippen LogP contribution >= 0.6 is 0 Å². The van der Waals surface area contributed by atoms with Crippen molar-refractivity contribution in [1.29, 1.82) is 0 Å². The van der Waals surface area contributed by atoms with E-state index in [0.29, 0.717) is 26.1 Å². The number of hydrogen-bond acceptors (Lipinski definition) is 8. The Morgan fingerprint density at radius 1 is 1.14 bits per heavy atom. The van der Waals surface area contributed by atoms with Gasteiger partial charge < -0.3 is 10.6 Å². The number of sulfone groups is 2. The zero-order valence-electron chi connectivity index (χ0n) is 16.8. The third kappa shape index (κ3) is 5.64. The van der Waals surface area contributed by atoms with E-state index in [0.717, 1.165) is 24.9 Å². The molecule has 2 aliphatic rings. The Hall–Kier alpha value is -1.33. The van der Waals surface area contributed by atoms with Crippen LogP contribution in [0.25, 0.3) is 0 Å². The summed E-state index contributed by atoms with van der Waals surface area (Å²) in [4.78, 5) is 15.5. The highest BCUT2D eigenvalue weighted by Crippen LogP contribution is 2.22. The summed E-state index contributed by atoms with van der Waals surface area (Å²) < 4.78 is 47.2. The lowest BCUT2D eigenvalue weighted by molar-refractivity contribution is -0.124. The van der Waals surface area contributed by atoms with E-state index in [-0.39, 0.29) is 23.1 Å². The molecular formula is C19H29N3O5S2. The van der Waals surface area contributed by atoms with Crippen molar-refractivity contribution in [1.82, 2.24) is 15.5 Å². The normalized spacial score (nSPS) is 25.0. The van der Waals surface area contributed by atoms with Gasteiger partial charge in [0, 0.05) is 57.7 Å². The lowest BCUT2D eigenvalue weighted by Gasteiger charge is -2.36. The highest BCUT2D eigenvalue weighted by atomic mass is 32.2. The lowest BCUT2D eigenvalue weighted by Crippen LogP contribution is -2.61. The minimum atomic E-state index is -3.28. The number of hydrogen-bond donors (Lipinski definition) is 2. The molecule has 0 amide bonds. The number of nitrogens with zero attached hydrogens (tertiary/aromatic N) is 1. The average Bonchev–Trinajstić information content (AvgIpc) is 3.12. The zero-order chi connectivity index (χ0) is 21.2. The van der Waals surface area contributed by atoms with E-state index in [9.17, 15) is 21.6 Å². The van der Waals surface area contributed by atoms with Crippen LogP contribution in [0.1, 0.15) is 12.0 Å². The van der Waals surface area contributed by atoms with Crippen molar-refractivity contribution in [3.05, 3.63) is 29.8 Å². The Balaban J connectivity index is 1.77.